The molecule has 0 aromatic heterocycles. The molecule has 2 aromatic carbocycles. The molecule has 2 aromatic rings. The molecule has 4 rings (SSSR count). The number of piperazine rings is 1. The number of carbonyl (C=O) groups is 2. The van der Waals surface area contributed by atoms with Gasteiger partial charge in [0, 0.05) is 31.1 Å². The summed E-state index contributed by atoms with van der Waals surface area (Å²) in [7, 11) is 3.68. The van der Waals surface area contributed by atoms with Crippen molar-refractivity contribution in [3.05, 3.63) is 54.1 Å². The SMILES string of the molecule is COc1ccc(C2Sc3ccccc3NC(=O)[C@H]2OC(=O)CN2CCN(C)CC2)cc1. The van der Waals surface area contributed by atoms with Crippen LogP contribution < -0.4 is 10.1 Å². The highest BCUT2D eigenvalue weighted by molar-refractivity contribution is 7.99. The lowest BCUT2D eigenvalue weighted by Gasteiger charge is -2.32. The third kappa shape index (κ3) is 5.20. The average molecular weight is 442 g/mol. The summed E-state index contributed by atoms with van der Waals surface area (Å²) in [6, 6.07) is 15.2. The summed E-state index contributed by atoms with van der Waals surface area (Å²) in [6.45, 7) is 3.63. The molecule has 2 heterocycles. The van der Waals surface area contributed by atoms with Crippen molar-refractivity contribution in [2.75, 3.05) is 52.2 Å². The fourth-order valence-electron chi connectivity index (χ4n) is 3.73. The number of hydrogen-bond acceptors (Lipinski definition) is 7. The lowest BCUT2D eigenvalue weighted by atomic mass is 10.1. The van der Waals surface area contributed by atoms with Gasteiger partial charge in [0.1, 0.15) is 5.75 Å². The lowest BCUT2D eigenvalue weighted by Crippen LogP contribution is -2.47. The van der Waals surface area contributed by atoms with Crippen molar-refractivity contribution in [1.29, 1.82) is 0 Å². The quantitative estimate of drug-likeness (QED) is 0.716. The number of nitrogens with one attached hydrogen (secondary N) is 1. The number of methoxy groups -OCH3 is 1. The van der Waals surface area contributed by atoms with Crippen LogP contribution in [0.3, 0.4) is 0 Å². The zero-order valence-electron chi connectivity index (χ0n) is 17.7. The maximum absolute atomic E-state index is 13.1. The Bertz CT molecular complexity index is 929. The molecule has 2 aliphatic heterocycles. The summed E-state index contributed by atoms with van der Waals surface area (Å²) in [5, 5.41) is 2.56. The van der Waals surface area contributed by atoms with Crippen LogP contribution in [0.15, 0.2) is 53.4 Å². The van der Waals surface area contributed by atoms with E-state index in [9.17, 15) is 9.59 Å². The molecule has 8 heteroatoms. The van der Waals surface area contributed by atoms with E-state index < -0.39 is 6.10 Å². The largest absolute Gasteiger partial charge is 0.497 e. The third-order valence-corrected chi connectivity index (χ3v) is 6.97. The van der Waals surface area contributed by atoms with Crippen LogP contribution >= 0.6 is 11.8 Å². The minimum atomic E-state index is -0.939. The normalized spacial score (nSPS) is 22.2. The number of carbonyl (C=O) groups excluding carboxylic acids is 2. The van der Waals surface area contributed by atoms with E-state index >= 15 is 0 Å². The molecule has 164 valence electrons. The Morgan fingerprint density at radius 1 is 1.10 bits per heavy atom. The van der Waals surface area contributed by atoms with Gasteiger partial charge >= 0.3 is 5.97 Å². The number of esters is 1. The van der Waals surface area contributed by atoms with E-state index in [1.165, 1.54) is 11.8 Å². The monoisotopic (exact) mass is 441 g/mol. The molecule has 0 radical (unpaired) electrons. The first-order valence-electron chi connectivity index (χ1n) is 10.3. The Labute approximate surface area is 186 Å². The van der Waals surface area contributed by atoms with Gasteiger partial charge in [-0.25, -0.2) is 0 Å². The topological polar surface area (TPSA) is 71.1 Å². The standard InChI is InChI=1S/C23H27N3O4S/c1-25-11-13-26(14-12-25)15-20(27)30-21-22(16-7-9-17(29-2)10-8-16)31-19-6-4-3-5-18(19)24-23(21)28/h3-10,21-22H,11-15H2,1-2H3,(H,24,28)/t21-,22?/m0/s1. The number of benzene rings is 2. The van der Waals surface area contributed by atoms with Crippen molar-refractivity contribution in [2.45, 2.75) is 16.2 Å². The van der Waals surface area contributed by atoms with Gasteiger partial charge in [-0.15, -0.1) is 11.8 Å². The third-order valence-electron chi connectivity index (χ3n) is 5.58. The molecule has 7 nitrogen and oxygen atoms in total. The highest BCUT2D eigenvalue weighted by Crippen LogP contribution is 2.45. The van der Waals surface area contributed by atoms with E-state index in [1.54, 1.807) is 7.11 Å². The van der Waals surface area contributed by atoms with Crippen molar-refractivity contribution in [3.8, 4) is 5.75 Å². The van der Waals surface area contributed by atoms with Gasteiger partial charge in [-0.3, -0.25) is 14.5 Å². The summed E-state index contributed by atoms with van der Waals surface area (Å²) < 4.78 is 11.1. The van der Waals surface area contributed by atoms with Crippen LogP contribution in [0.4, 0.5) is 5.69 Å². The molecular weight excluding hydrogens is 414 g/mol. The van der Waals surface area contributed by atoms with Crippen molar-refractivity contribution in [2.24, 2.45) is 0 Å². The predicted molar refractivity (Wildman–Crippen MR) is 120 cm³/mol. The van der Waals surface area contributed by atoms with Gasteiger partial charge in [0.2, 0.25) is 0 Å². The molecule has 2 atom stereocenters. The number of likely N-dealkylation sites (N-methyl/N-ethyl adjacent to an activating group) is 1. The summed E-state index contributed by atoms with van der Waals surface area (Å²) in [5.41, 5.74) is 1.63. The van der Waals surface area contributed by atoms with E-state index in [2.05, 4.69) is 22.2 Å². The summed E-state index contributed by atoms with van der Waals surface area (Å²) in [4.78, 5) is 31.1. The zero-order valence-corrected chi connectivity index (χ0v) is 18.6. The molecule has 0 aliphatic carbocycles. The Hall–Kier alpha value is -2.55. The second-order valence-electron chi connectivity index (χ2n) is 7.79. The number of amides is 1. The van der Waals surface area contributed by atoms with Crippen LogP contribution in [0.5, 0.6) is 5.75 Å². The van der Waals surface area contributed by atoms with Crippen LogP contribution in [0.25, 0.3) is 0 Å². The average Bonchev–Trinajstić information content (AvgIpc) is 2.92. The second-order valence-corrected chi connectivity index (χ2v) is 8.97. The number of rotatable bonds is 5. The van der Waals surface area contributed by atoms with E-state index in [1.807, 2.05) is 48.5 Å². The van der Waals surface area contributed by atoms with Gasteiger partial charge in [0.15, 0.2) is 6.10 Å². The van der Waals surface area contributed by atoms with E-state index in [0.717, 1.165) is 48.1 Å². The van der Waals surface area contributed by atoms with Gasteiger partial charge < -0.3 is 19.7 Å². The first-order chi connectivity index (χ1) is 15.0. The predicted octanol–water partition coefficient (Wildman–Crippen LogP) is 2.64. The van der Waals surface area contributed by atoms with Crippen LogP contribution in [0.1, 0.15) is 10.8 Å². The maximum atomic E-state index is 13.1. The van der Waals surface area contributed by atoms with Gasteiger partial charge in [-0.2, -0.15) is 0 Å². The molecule has 1 amide bonds. The summed E-state index contributed by atoms with van der Waals surface area (Å²) in [6.07, 6.45) is -0.939. The molecule has 2 aliphatic rings. The number of hydrogen-bond donors (Lipinski definition) is 1. The van der Waals surface area contributed by atoms with E-state index in [-0.39, 0.29) is 23.7 Å². The van der Waals surface area contributed by atoms with Crippen LogP contribution in [-0.2, 0) is 14.3 Å². The smallest absolute Gasteiger partial charge is 0.320 e. The fourth-order valence-corrected chi connectivity index (χ4v) is 5.00. The van der Waals surface area contributed by atoms with E-state index in [0.29, 0.717) is 0 Å². The van der Waals surface area contributed by atoms with Crippen LogP contribution in [0, 0.1) is 0 Å². The first-order valence-corrected chi connectivity index (χ1v) is 11.2. The summed E-state index contributed by atoms with van der Waals surface area (Å²) in [5.74, 6) is 0.0376. The molecule has 0 saturated carbocycles. The van der Waals surface area contributed by atoms with Crippen molar-refractivity contribution < 1.29 is 19.1 Å². The number of thioether (sulfide) groups is 1. The molecule has 1 unspecified atom stereocenters. The molecule has 1 fully saturated rings. The number of anilines is 1. The fraction of sp³-hybridized carbons (Fsp3) is 0.391. The number of ether oxygens (including phenoxy) is 2. The molecule has 1 saturated heterocycles. The zero-order chi connectivity index (χ0) is 21.8. The molecule has 0 bridgehead atoms. The number of fused-ring (bicyclic) bond motifs is 1. The molecular formula is C23H27N3O4S. The minimum absolute atomic E-state index is 0.185. The van der Waals surface area contributed by atoms with Crippen molar-refractivity contribution in [1.82, 2.24) is 9.80 Å². The molecule has 1 N–H and O–H groups in total. The Balaban J connectivity index is 1.56. The van der Waals surface area contributed by atoms with Crippen LogP contribution in [0.2, 0.25) is 0 Å². The number of nitrogens with zero attached hydrogens (tertiary/aromatic N) is 2. The van der Waals surface area contributed by atoms with Gasteiger partial charge in [0.05, 0.1) is 24.6 Å². The van der Waals surface area contributed by atoms with Gasteiger partial charge in [-0.05, 0) is 36.9 Å². The first kappa shape index (κ1) is 21.7. The Morgan fingerprint density at radius 3 is 2.52 bits per heavy atom. The van der Waals surface area contributed by atoms with Gasteiger partial charge in [0.25, 0.3) is 5.91 Å². The van der Waals surface area contributed by atoms with E-state index in [4.69, 9.17) is 9.47 Å². The van der Waals surface area contributed by atoms with Gasteiger partial charge in [-0.1, -0.05) is 24.3 Å². The molecule has 31 heavy (non-hydrogen) atoms. The van der Waals surface area contributed by atoms with Crippen LogP contribution in [-0.4, -0.2) is 74.7 Å². The summed E-state index contributed by atoms with van der Waals surface area (Å²) >= 11 is 1.52. The Morgan fingerprint density at radius 2 is 1.81 bits per heavy atom. The highest BCUT2D eigenvalue weighted by Gasteiger charge is 2.37. The molecule has 0 spiro atoms. The Kier molecular flexibility index (Phi) is 6.80. The number of para-hydroxylation sites is 1. The minimum Gasteiger partial charge on any atom is -0.497 e. The van der Waals surface area contributed by atoms with Crippen molar-refractivity contribution in [3.63, 3.8) is 0 Å². The second kappa shape index (κ2) is 9.72. The lowest BCUT2D eigenvalue weighted by molar-refractivity contribution is -0.155. The van der Waals surface area contributed by atoms with Crippen molar-refractivity contribution >= 4 is 29.3 Å². The maximum Gasteiger partial charge on any atom is 0.320 e. The highest BCUT2D eigenvalue weighted by atomic mass is 32.2.